The molecule has 1 rings (SSSR count). The largest absolute Gasteiger partial charge is 0.579 e. The zero-order chi connectivity index (χ0) is 3.91. The zero-order valence-corrected chi connectivity index (χ0v) is 4.67. The fraction of sp³-hybridized carbons (Fsp3) is 0. The van der Waals surface area contributed by atoms with Gasteiger partial charge in [0.25, 0.3) is 0 Å². The molecular weight excluding hydrogens is 90.1 g/mol. The summed E-state index contributed by atoms with van der Waals surface area (Å²) in [5.74, 6) is 0. The fourth-order valence-electron chi connectivity index (χ4n) is 0.0469. The number of nitrogens with zero attached hydrogens (tertiary/aromatic N) is 1. The normalized spacial score (nSPS) is 30.6. The average molecular weight is 93.1 g/mol. The molecule has 0 atom stereocenters. The lowest BCUT2D eigenvalue weighted by atomic mass is 13.1. The van der Waals surface area contributed by atoms with Gasteiger partial charge in [0.2, 0.25) is 0 Å². The average Bonchev–Trinajstić information content (AvgIpc) is 1.76. The van der Waals surface area contributed by atoms with Gasteiger partial charge in [-0.1, -0.05) is 4.64 Å². The first kappa shape index (κ1) is 3.25. The maximum atomic E-state index is 9.77. The summed E-state index contributed by atoms with van der Waals surface area (Å²) in [6, 6.07) is 0. The standard InChI is InChI=1S/H3NO3Si/c2-1(5)3-4-1/h5H3. The number of rotatable bonds is 0. The van der Waals surface area contributed by atoms with E-state index in [1.54, 1.807) is 0 Å². The van der Waals surface area contributed by atoms with Gasteiger partial charge < -0.3 is 5.21 Å². The van der Waals surface area contributed by atoms with Gasteiger partial charge in [0.1, 0.15) is 0 Å². The quantitative estimate of drug-likeness (QED) is 0.156. The van der Waals surface area contributed by atoms with Crippen LogP contribution in [0.5, 0.6) is 0 Å². The van der Waals surface area contributed by atoms with Crippen LogP contribution in [-0.2, 0) is 9.98 Å². The van der Waals surface area contributed by atoms with Crippen molar-refractivity contribution in [3.05, 3.63) is 5.21 Å². The lowest BCUT2D eigenvalue weighted by molar-refractivity contribution is -0.819. The van der Waals surface area contributed by atoms with Gasteiger partial charge in [0.15, 0.2) is 0 Å². The van der Waals surface area contributed by atoms with Crippen LogP contribution in [0.3, 0.4) is 0 Å². The first-order chi connectivity index (χ1) is 2.21. The van der Waals surface area contributed by atoms with E-state index in [9.17, 15) is 5.21 Å². The minimum Gasteiger partial charge on any atom is -0.579 e. The predicted molar refractivity (Wildman–Crippen MR) is 15.7 cm³/mol. The summed E-state index contributed by atoms with van der Waals surface area (Å²) in [5.41, 5.74) is 0. The molecular formula is H3NO3Si. The Kier molecular flexibility index (Phi) is 0.380. The summed E-state index contributed by atoms with van der Waals surface area (Å²) in [4.78, 5) is 7.68. The topological polar surface area (TPSA) is 48.1 Å². The second kappa shape index (κ2) is 0.584. The van der Waals surface area contributed by atoms with Crippen LogP contribution in [0.25, 0.3) is 0 Å². The van der Waals surface area contributed by atoms with Gasteiger partial charge in [-0.15, -0.1) is 0 Å². The summed E-state index contributed by atoms with van der Waals surface area (Å²) in [5, 5.41) is 9.77. The van der Waals surface area contributed by atoms with Crippen molar-refractivity contribution in [2.24, 2.45) is 0 Å². The van der Waals surface area contributed by atoms with E-state index in [0.29, 0.717) is 10.4 Å². The maximum Gasteiger partial charge on any atom is 0.316 e. The van der Waals surface area contributed by atoms with Crippen LogP contribution in [0.4, 0.5) is 0 Å². The predicted octanol–water partition coefficient (Wildman–Crippen LogP) is -1.63. The first-order valence-electron chi connectivity index (χ1n) is 1.16. The molecule has 5 heteroatoms. The van der Waals surface area contributed by atoms with Crippen molar-refractivity contribution < 1.29 is 14.6 Å². The van der Waals surface area contributed by atoms with Crippen molar-refractivity contribution in [1.29, 1.82) is 0 Å². The SMILES string of the molecule is [O-][N+]1([SiH3])OO1. The van der Waals surface area contributed by atoms with Crippen LogP contribution in [0, 0.1) is 5.21 Å². The summed E-state index contributed by atoms with van der Waals surface area (Å²) in [6.45, 7) is 0. The van der Waals surface area contributed by atoms with Crippen LogP contribution < -0.4 is 0 Å². The molecule has 0 bridgehead atoms. The van der Waals surface area contributed by atoms with Gasteiger partial charge >= 0.3 is 10.4 Å². The number of hydrogen-bond donors (Lipinski definition) is 0. The highest BCUT2D eigenvalue weighted by atomic mass is 28.2. The maximum absolute atomic E-state index is 9.77. The van der Waals surface area contributed by atoms with Crippen molar-refractivity contribution in [3.8, 4) is 0 Å². The van der Waals surface area contributed by atoms with Crippen molar-refractivity contribution >= 4 is 10.4 Å². The second-order valence-corrected chi connectivity index (χ2v) is 2.02. The molecule has 1 heterocycles. The van der Waals surface area contributed by atoms with Crippen LogP contribution >= 0.6 is 0 Å². The highest BCUT2D eigenvalue weighted by Crippen LogP contribution is 2.16. The molecule has 0 amide bonds. The molecule has 0 unspecified atom stereocenters. The van der Waals surface area contributed by atoms with E-state index < -0.39 is 4.64 Å². The summed E-state index contributed by atoms with van der Waals surface area (Å²) < 4.78 is -0.861. The van der Waals surface area contributed by atoms with Crippen molar-refractivity contribution in [1.82, 2.24) is 0 Å². The van der Waals surface area contributed by atoms with E-state index in [1.165, 1.54) is 0 Å². The minimum absolute atomic E-state index is 0.356. The van der Waals surface area contributed by atoms with Crippen molar-refractivity contribution in [2.75, 3.05) is 0 Å². The van der Waals surface area contributed by atoms with Gasteiger partial charge in [-0.2, -0.15) is 0 Å². The molecule has 0 aromatic carbocycles. The van der Waals surface area contributed by atoms with Gasteiger partial charge in [-0.3, -0.25) is 0 Å². The molecule has 0 N–H and O–H groups in total. The van der Waals surface area contributed by atoms with E-state index >= 15 is 0 Å². The lowest BCUT2D eigenvalue weighted by Gasteiger charge is -1.92. The number of quaternary nitrogens is 1. The second-order valence-electron chi connectivity index (χ2n) is 0.920. The Hall–Kier alpha value is 0.0569. The Balaban J connectivity index is 2.38. The Morgan fingerprint density at radius 1 is 1.60 bits per heavy atom. The zero-order valence-electron chi connectivity index (χ0n) is 2.67. The monoisotopic (exact) mass is 93.0 g/mol. The van der Waals surface area contributed by atoms with Gasteiger partial charge in [-0.25, -0.2) is 0 Å². The summed E-state index contributed by atoms with van der Waals surface area (Å²) in [6.07, 6.45) is 0. The molecule has 0 aromatic rings. The Labute approximate surface area is 31.4 Å². The molecule has 0 aromatic heterocycles. The molecule has 30 valence electrons. The highest BCUT2D eigenvalue weighted by Gasteiger charge is 2.33. The van der Waals surface area contributed by atoms with E-state index in [1.807, 2.05) is 0 Å². The van der Waals surface area contributed by atoms with Crippen LogP contribution in [0.1, 0.15) is 0 Å². The number of hydrogen-bond acceptors (Lipinski definition) is 3. The molecule has 5 heavy (non-hydrogen) atoms. The van der Waals surface area contributed by atoms with Crippen LogP contribution in [0.15, 0.2) is 0 Å². The molecule has 0 spiro atoms. The molecule has 1 aliphatic rings. The Morgan fingerprint density at radius 3 is 1.80 bits per heavy atom. The Bertz CT molecular complexity index is 44.9. The molecule has 1 aliphatic heterocycles. The highest BCUT2D eigenvalue weighted by molar-refractivity contribution is 5.96. The third-order valence-corrected chi connectivity index (χ3v) is 0.583. The smallest absolute Gasteiger partial charge is 0.316 e. The molecule has 0 aliphatic carbocycles. The molecule has 0 saturated carbocycles. The van der Waals surface area contributed by atoms with Gasteiger partial charge in [-0.05, 0) is 0 Å². The van der Waals surface area contributed by atoms with E-state index in [-0.39, 0.29) is 0 Å². The molecule has 1 fully saturated rings. The van der Waals surface area contributed by atoms with E-state index in [4.69, 9.17) is 0 Å². The van der Waals surface area contributed by atoms with E-state index in [2.05, 4.69) is 9.98 Å². The van der Waals surface area contributed by atoms with Crippen LogP contribution in [0.2, 0.25) is 0 Å². The van der Waals surface area contributed by atoms with E-state index in [0.717, 1.165) is 0 Å². The van der Waals surface area contributed by atoms with Crippen molar-refractivity contribution in [3.63, 3.8) is 0 Å². The molecule has 0 radical (unpaired) electrons. The molecule has 4 nitrogen and oxygen atoms in total. The molecule has 1 saturated heterocycles. The van der Waals surface area contributed by atoms with Gasteiger partial charge in [0.05, 0.1) is 0 Å². The van der Waals surface area contributed by atoms with Crippen LogP contribution in [-0.4, -0.2) is 15.0 Å². The first-order valence-corrected chi connectivity index (χ1v) is 2.06. The van der Waals surface area contributed by atoms with Gasteiger partial charge in [0, 0.05) is 9.98 Å². The third-order valence-electron chi connectivity index (χ3n) is 0.284. The fourth-order valence-corrected chi connectivity index (χ4v) is 0.114. The Morgan fingerprint density at radius 2 is 1.80 bits per heavy atom. The van der Waals surface area contributed by atoms with Crippen molar-refractivity contribution in [2.45, 2.75) is 0 Å². The minimum atomic E-state index is -0.861. The summed E-state index contributed by atoms with van der Waals surface area (Å²) >= 11 is 0. The lowest BCUT2D eigenvalue weighted by Crippen LogP contribution is -2.07. The summed E-state index contributed by atoms with van der Waals surface area (Å²) in [7, 11) is 0.356. The third kappa shape index (κ3) is 0.671.